The highest BCUT2D eigenvalue weighted by Crippen LogP contribution is 2.49. The van der Waals surface area contributed by atoms with E-state index >= 15 is 0 Å². The fourth-order valence-electron chi connectivity index (χ4n) is 4.52. The third-order valence-corrected chi connectivity index (χ3v) is 6.20. The van der Waals surface area contributed by atoms with Crippen LogP contribution in [0.15, 0.2) is 66.4 Å². The molecule has 0 heteroatoms. The Morgan fingerprint density at radius 2 is 1.42 bits per heavy atom. The van der Waals surface area contributed by atoms with E-state index in [0.717, 1.165) is 0 Å². The van der Waals surface area contributed by atoms with Gasteiger partial charge in [-0.1, -0.05) is 75.4 Å². The zero-order valence-corrected chi connectivity index (χ0v) is 15.5. The highest BCUT2D eigenvalue weighted by molar-refractivity contribution is 5.81. The summed E-state index contributed by atoms with van der Waals surface area (Å²) in [6.07, 6.45) is 4.13. The Hall–Kier alpha value is -2.82. The summed E-state index contributed by atoms with van der Waals surface area (Å²) in [5, 5.41) is 0. The van der Waals surface area contributed by atoms with Gasteiger partial charge in [0.25, 0.3) is 0 Å². The Bertz CT molecular complexity index is 1100. The monoisotopic (exact) mass is 334 g/mol. The first-order valence-corrected chi connectivity index (χ1v) is 9.36. The van der Waals surface area contributed by atoms with E-state index in [0.29, 0.717) is 5.92 Å². The van der Waals surface area contributed by atoms with Gasteiger partial charge in [0.05, 0.1) is 0 Å². The molecule has 1 atom stereocenters. The van der Waals surface area contributed by atoms with Crippen molar-refractivity contribution in [2.24, 2.45) is 0 Å². The summed E-state index contributed by atoms with van der Waals surface area (Å²) >= 11 is 0. The highest BCUT2D eigenvalue weighted by atomic mass is 14.4. The van der Waals surface area contributed by atoms with Gasteiger partial charge in [-0.2, -0.15) is 0 Å². The van der Waals surface area contributed by atoms with E-state index in [1.807, 2.05) is 0 Å². The number of rotatable bonds is 2. The average molecular weight is 334 g/mol. The molecule has 0 amide bonds. The van der Waals surface area contributed by atoms with Gasteiger partial charge < -0.3 is 0 Å². The second-order valence-corrected chi connectivity index (χ2v) is 8.04. The molecule has 2 aliphatic rings. The molecule has 0 aliphatic heterocycles. The van der Waals surface area contributed by atoms with Crippen molar-refractivity contribution in [3.63, 3.8) is 0 Å². The van der Waals surface area contributed by atoms with E-state index in [2.05, 4.69) is 99.3 Å². The lowest BCUT2D eigenvalue weighted by Gasteiger charge is -2.23. The molecule has 0 heterocycles. The first-order chi connectivity index (χ1) is 12.6. The molecule has 0 radical (unpaired) electrons. The van der Waals surface area contributed by atoms with Crippen LogP contribution in [0.1, 0.15) is 60.1 Å². The minimum atomic E-state index is 0.0618. The topological polar surface area (TPSA) is 0 Å². The van der Waals surface area contributed by atoms with Gasteiger partial charge >= 0.3 is 0 Å². The molecule has 0 fully saturated rings. The third kappa shape index (κ3) is 2.09. The van der Waals surface area contributed by atoms with Crippen LogP contribution in [-0.4, -0.2) is 0 Å². The lowest BCUT2D eigenvalue weighted by Crippen LogP contribution is -2.15. The summed E-state index contributed by atoms with van der Waals surface area (Å²) in [6.45, 7) is 7.00. The van der Waals surface area contributed by atoms with Gasteiger partial charge in [-0.05, 0) is 62.7 Å². The average Bonchev–Trinajstić information content (AvgIpc) is 3.22. The molecule has 0 aromatic heterocycles. The minimum absolute atomic E-state index is 0.0618. The molecule has 0 saturated carbocycles. The Kier molecular flexibility index (Phi) is 3.17. The maximum absolute atomic E-state index is 3.20. The Morgan fingerprint density at radius 3 is 2.31 bits per heavy atom. The predicted molar refractivity (Wildman–Crippen MR) is 110 cm³/mol. The summed E-state index contributed by atoms with van der Waals surface area (Å²) < 4.78 is 0. The summed E-state index contributed by atoms with van der Waals surface area (Å²) in [5.41, 5.74) is 14.2. The molecular weight excluding hydrogens is 312 g/mol. The predicted octanol–water partition coefficient (Wildman–Crippen LogP) is 6.78. The second kappa shape index (κ2) is 5.34. The van der Waals surface area contributed by atoms with Gasteiger partial charge in [0.2, 0.25) is 0 Å². The van der Waals surface area contributed by atoms with E-state index in [1.165, 1.54) is 44.5 Å². The molecule has 2 aliphatic carbocycles. The number of hydrogen-bond acceptors (Lipinski definition) is 0. The molecule has 0 bridgehead atoms. The maximum atomic E-state index is 3.20. The number of benzene rings is 3. The van der Waals surface area contributed by atoms with Crippen LogP contribution in [0.5, 0.6) is 0 Å². The smallest absolute Gasteiger partial charge is 0.0158 e. The van der Waals surface area contributed by atoms with Crippen LogP contribution in [-0.2, 0) is 5.41 Å². The van der Waals surface area contributed by atoms with Gasteiger partial charge in [-0.25, -0.2) is 0 Å². The molecule has 0 spiro atoms. The fraction of sp³-hybridized carbons (Fsp3) is 0.192. The van der Waals surface area contributed by atoms with Crippen molar-refractivity contribution in [3.8, 4) is 11.1 Å². The molecular formula is C26H22. The van der Waals surface area contributed by atoms with Gasteiger partial charge in [-0.3, -0.25) is 0 Å². The van der Waals surface area contributed by atoms with Crippen LogP contribution >= 0.6 is 0 Å². The van der Waals surface area contributed by atoms with Crippen molar-refractivity contribution in [1.29, 1.82) is 0 Å². The van der Waals surface area contributed by atoms with Crippen molar-refractivity contribution >= 4 is 12.2 Å². The van der Waals surface area contributed by atoms with Gasteiger partial charge in [0, 0.05) is 11.3 Å². The largest absolute Gasteiger partial charge is 0.120 e. The lowest BCUT2D eigenvalue weighted by molar-refractivity contribution is 0.658. The van der Waals surface area contributed by atoms with Gasteiger partial charge in [-0.15, -0.1) is 5.73 Å². The molecule has 0 nitrogen and oxygen atoms in total. The molecule has 1 unspecified atom stereocenters. The lowest BCUT2D eigenvalue weighted by atomic mass is 9.80. The van der Waals surface area contributed by atoms with Crippen LogP contribution in [0.4, 0.5) is 0 Å². The Morgan fingerprint density at radius 1 is 0.731 bits per heavy atom. The SMILES string of the molecule is CC(c1ccc2c(c1)C=C=C2)c1ccc2c(c1)C(C)(C)c1ccccc1-2. The fourth-order valence-corrected chi connectivity index (χ4v) is 4.52. The van der Waals surface area contributed by atoms with E-state index < -0.39 is 0 Å². The van der Waals surface area contributed by atoms with Crippen molar-refractivity contribution in [1.82, 2.24) is 0 Å². The van der Waals surface area contributed by atoms with Gasteiger partial charge in [0.15, 0.2) is 0 Å². The minimum Gasteiger partial charge on any atom is -0.120 e. The van der Waals surface area contributed by atoms with Crippen LogP contribution in [0, 0.1) is 0 Å². The summed E-state index contributed by atoms with van der Waals surface area (Å²) in [4.78, 5) is 0. The molecule has 5 rings (SSSR count). The maximum Gasteiger partial charge on any atom is 0.0158 e. The van der Waals surface area contributed by atoms with Crippen LogP contribution in [0.3, 0.4) is 0 Å². The number of hydrogen-bond donors (Lipinski definition) is 0. The first kappa shape index (κ1) is 15.4. The van der Waals surface area contributed by atoms with Crippen LogP contribution in [0.25, 0.3) is 23.3 Å². The van der Waals surface area contributed by atoms with Crippen molar-refractivity contribution in [3.05, 3.63) is 99.8 Å². The molecule has 0 saturated heterocycles. The van der Waals surface area contributed by atoms with Crippen LogP contribution in [0.2, 0.25) is 0 Å². The molecule has 3 aromatic carbocycles. The van der Waals surface area contributed by atoms with E-state index in [-0.39, 0.29) is 5.41 Å². The van der Waals surface area contributed by atoms with Gasteiger partial charge in [0.1, 0.15) is 0 Å². The van der Waals surface area contributed by atoms with Crippen LogP contribution < -0.4 is 0 Å². The van der Waals surface area contributed by atoms with Crippen molar-refractivity contribution in [2.45, 2.75) is 32.1 Å². The normalized spacial score (nSPS) is 16.3. The van der Waals surface area contributed by atoms with E-state index in [1.54, 1.807) is 0 Å². The molecule has 126 valence electrons. The second-order valence-electron chi connectivity index (χ2n) is 8.04. The van der Waals surface area contributed by atoms with E-state index in [4.69, 9.17) is 0 Å². The summed E-state index contributed by atoms with van der Waals surface area (Å²) in [7, 11) is 0. The highest BCUT2D eigenvalue weighted by Gasteiger charge is 2.35. The summed E-state index contributed by atoms with van der Waals surface area (Å²) in [6, 6.07) is 22.7. The Balaban J connectivity index is 1.59. The standard InChI is InChI=1S/C26H22/c1-17(19-12-11-18-7-6-8-21(18)15-19)20-13-14-23-22-9-4-5-10-24(22)26(2,3)25(23)16-20/h4-5,7-17H,1-3H3. The quantitative estimate of drug-likeness (QED) is 0.354. The van der Waals surface area contributed by atoms with Crippen molar-refractivity contribution < 1.29 is 0 Å². The molecule has 3 aromatic rings. The third-order valence-electron chi connectivity index (χ3n) is 6.20. The molecule has 0 N–H and O–H groups in total. The van der Waals surface area contributed by atoms with E-state index in [9.17, 15) is 0 Å². The first-order valence-electron chi connectivity index (χ1n) is 9.36. The zero-order chi connectivity index (χ0) is 17.9. The summed E-state index contributed by atoms with van der Waals surface area (Å²) in [5.74, 6) is 0.374. The van der Waals surface area contributed by atoms with Crippen molar-refractivity contribution in [2.75, 3.05) is 0 Å². The number of fused-ring (bicyclic) bond motifs is 4. The Labute approximate surface area is 155 Å². The zero-order valence-electron chi connectivity index (χ0n) is 15.5. The molecule has 26 heavy (non-hydrogen) atoms.